The highest BCUT2D eigenvalue weighted by molar-refractivity contribution is 5.85. The molecule has 1 heterocycles. The van der Waals surface area contributed by atoms with Gasteiger partial charge >= 0.3 is 5.97 Å². The Hall–Kier alpha value is -1.49. The topological polar surface area (TPSA) is 72.3 Å². The second-order valence-corrected chi connectivity index (χ2v) is 2.30. The van der Waals surface area contributed by atoms with Gasteiger partial charge < -0.3 is 9.84 Å². The molecule has 0 fully saturated rings. The van der Waals surface area contributed by atoms with Gasteiger partial charge in [-0.15, -0.1) is 0 Å². The number of aromatic nitrogens is 2. The average Bonchev–Trinajstić information content (AvgIpc) is 2.15. The molecule has 1 rings (SSSR count). The van der Waals surface area contributed by atoms with Gasteiger partial charge in [-0.2, -0.15) is 0 Å². The Bertz CT molecular complexity index is 301. The third-order valence-electron chi connectivity index (χ3n) is 1.36. The summed E-state index contributed by atoms with van der Waals surface area (Å²) in [6.45, 7) is 2.65. The average molecular weight is 182 g/mol. The summed E-state index contributed by atoms with van der Waals surface area (Å²) in [6, 6.07) is 1.35. The molecule has 70 valence electrons. The predicted molar refractivity (Wildman–Crippen MR) is 44.3 cm³/mol. The van der Waals surface area contributed by atoms with Crippen LogP contribution >= 0.6 is 0 Å². The fraction of sp³-hybridized carbons (Fsp3) is 0.375. The van der Waals surface area contributed by atoms with Crippen molar-refractivity contribution in [2.45, 2.75) is 13.5 Å². The summed E-state index contributed by atoms with van der Waals surface area (Å²) in [6.07, 6.45) is 1.41. The maximum atomic E-state index is 10.5. The largest absolute Gasteiger partial charge is 0.477 e. The van der Waals surface area contributed by atoms with E-state index in [1.807, 2.05) is 6.92 Å². The molecule has 1 aromatic heterocycles. The quantitative estimate of drug-likeness (QED) is 0.742. The van der Waals surface area contributed by atoms with Crippen molar-refractivity contribution in [3.63, 3.8) is 0 Å². The Morgan fingerprint density at radius 2 is 2.46 bits per heavy atom. The Morgan fingerprint density at radius 3 is 3.08 bits per heavy atom. The summed E-state index contributed by atoms with van der Waals surface area (Å²) in [5.74, 6) is -0.665. The van der Waals surface area contributed by atoms with Gasteiger partial charge in [-0.25, -0.2) is 14.8 Å². The minimum Gasteiger partial charge on any atom is -0.477 e. The first-order valence-corrected chi connectivity index (χ1v) is 3.87. The van der Waals surface area contributed by atoms with Crippen LogP contribution in [0.5, 0.6) is 0 Å². The molecule has 0 saturated heterocycles. The van der Waals surface area contributed by atoms with Gasteiger partial charge in [-0.05, 0) is 13.0 Å². The lowest BCUT2D eigenvalue weighted by Gasteiger charge is -1.99. The van der Waals surface area contributed by atoms with E-state index in [9.17, 15) is 4.79 Å². The highest BCUT2D eigenvalue weighted by Crippen LogP contribution is 1.97. The molecule has 0 atom stereocenters. The van der Waals surface area contributed by atoms with Gasteiger partial charge in [-0.3, -0.25) is 0 Å². The Morgan fingerprint density at radius 1 is 1.69 bits per heavy atom. The summed E-state index contributed by atoms with van der Waals surface area (Å²) in [4.78, 5) is 18.1. The number of rotatable bonds is 4. The first-order valence-electron chi connectivity index (χ1n) is 3.87. The lowest BCUT2D eigenvalue weighted by molar-refractivity contribution is 0.0688. The number of aromatic carboxylic acids is 1. The van der Waals surface area contributed by atoms with Crippen molar-refractivity contribution < 1.29 is 14.6 Å². The molecular formula is C8H10N2O3. The summed E-state index contributed by atoms with van der Waals surface area (Å²) >= 11 is 0. The fourth-order valence-electron chi connectivity index (χ4n) is 0.781. The van der Waals surface area contributed by atoms with Crippen LogP contribution in [-0.4, -0.2) is 27.7 Å². The van der Waals surface area contributed by atoms with Crippen LogP contribution in [0.25, 0.3) is 0 Å². The number of hydrogen-bond acceptors (Lipinski definition) is 4. The van der Waals surface area contributed by atoms with E-state index in [-0.39, 0.29) is 12.3 Å². The van der Waals surface area contributed by atoms with E-state index in [1.165, 1.54) is 12.3 Å². The standard InChI is InChI=1S/C8H10N2O3/c1-2-13-5-7-9-4-3-6(10-7)8(11)12/h3-4H,2,5H2,1H3,(H,11,12). The van der Waals surface area contributed by atoms with Crippen molar-refractivity contribution in [2.75, 3.05) is 6.61 Å². The van der Waals surface area contributed by atoms with Crippen LogP contribution in [0.4, 0.5) is 0 Å². The maximum Gasteiger partial charge on any atom is 0.354 e. The fourth-order valence-corrected chi connectivity index (χ4v) is 0.781. The third-order valence-corrected chi connectivity index (χ3v) is 1.36. The van der Waals surface area contributed by atoms with Gasteiger partial charge in [0.1, 0.15) is 6.61 Å². The van der Waals surface area contributed by atoms with Crippen LogP contribution in [0.1, 0.15) is 23.2 Å². The van der Waals surface area contributed by atoms with Crippen LogP contribution in [-0.2, 0) is 11.3 Å². The van der Waals surface area contributed by atoms with Crippen LogP contribution in [0, 0.1) is 0 Å². The molecule has 0 aliphatic carbocycles. The van der Waals surface area contributed by atoms with E-state index in [2.05, 4.69) is 9.97 Å². The molecule has 1 aromatic rings. The number of hydrogen-bond donors (Lipinski definition) is 1. The molecule has 0 aromatic carbocycles. The molecule has 0 unspecified atom stereocenters. The minimum atomic E-state index is -1.06. The van der Waals surface area contributed by atoms with Gasteiger partial charge in [0.2, 0.25) is 0 Å². The molecule has 0 bridgehead atoms. The van der Waals surface area contributed by atoms with Gasteiger partial charge in [0.25, 0.3) is 0 Å². The van der Waals surface area contributed by atoms with Crippen molar-refractivity contribution >= 4 is 5.97 Å². The van der Waals surface area contributed by atoms with E-state index in [1.54, 1.807) is 0 Å². The molecule has 0 amide bonds. The minimum absolute atomic E-state index is 0.00953. The van der Waals surface area contributed by atoms with Crippen LogP contribution in [0.3, 0.4) is 0 Å². The summed E-state index contributed by atoms with van der Waals surface area (Å²) < 4.78 is 5.04. The van der Waals surface area contributed by atoms with E-state index in [0.717, 1.165) is 0 Å². The molecule has 5 heteroatoms. The van der Waals surface area contributed by atoms with Gasteiger partial charge in [-0.1, -0.05) is 0 Å². The molecular weight excluding hydrogens is 172 g/mol. The molecule has 0 spiro atoms. The Balaban J connectivity index is 2.73. The van der Waals surface area contributed by atoms with Crippen molar-refractivity contribution in [3.8, 4) is 0 Å². The van der Waals surface area contributed by atoms with Crippen LogP contribution in [0.2, 0.25) is 0 Å². The zero-order chi connectivity index (χ0) is 9.68. The molecule has 0 radical (unpaired) electrons. The van der Waals surface area contributed by atoms with Crippen LogP contribution < -0.4 is 0 Å². The third kappa shape index (κ3) is 2.79. The van der Waals surface area contributed by atoms with E-state index >= 15 is 0 Å². The zero-order valence-electron chi connectivity index (χ0n) is 7.23. The Kier molecular flexibility index (Phi) is 3.33. The van der Waals surface area contributed by atoms with Crippen molar-refractivity contribution in [3.05, 3.63) is 23.8 Å². The zero-order valence-corrected chi connectivity index (χ0v) is 7.23. The van der Waals surface area contributed by atoms with Gasteiger partial charge in [0.15, 0.2) is 11.5 Å². The monoisotopic (exact) mass is 182 g/mol. The SMILES string of the molecule is CCOCc1nccc(C(=O)O)n1. The number of carboxylic acids is 1. The number of ether oxygens (including phenoxy) is 1. The van der Waals surface area contributed by atoms with Gasteiger partial charge in [0.05, 0.1) is 0 Å². The summed E-state index contributed by atoms with van der Waals surface area (Å²) in [5.41, 5.74) is -0.00953. The number of nitrogens with zero attached hydrogens (tertiary/aromatic N) is 2. The highest BCUT2D eigenvalue weighted by Gasteiger charge is 2.05. The molecule has 5 nitrogen and oxygen atoms in total. The van der Waals surface area contributed by atoms with E-state index in [4.69, 9.17) is 9.84 Å². The lowest BCUT2D eigenvalue weighted by Crippen LogP contribution is -2.05. The molecule has 0 aliphatic rings. The molecule has 1 N–H and O–H groups in total. The summed E-state index contributed by atoms with van der Waals surface area (Å²) in [5, 5.41) is 8.60. The van der Waals surface area contributed by atoms with E-state index < -0.39 is 5.97 Å². The van der Waals surface area contributed by atoms with E-state index in [0.29, 0.717) is 12.4 Å². The van der Waals surface area contributed by atoms with Crippen molar-refractivity contribution in [1.29, 1.82) is 0 Å². The maximum absolute atomic E-state index is 10.5. The molecule has 0 saturated carbocycles. The predicted octanol–water partition coefficient (Wildman–Crippen LogP) is 0.711. The van der Waals surface area contributed by atoms with Crippen molar-refractivity contribution in [1.82, 2.24) is 9.97 Å². The molecule has 0 aliphatic heterocycles. The van der Waals surface area contributed by atoms with Crippen LogP contribution in [0.15, 0.2) is 12.3 Å². The number of carbonyl (C=O) groups is 1. The smallest absolute Gasteiger partial charge is 0.354 e. The van der Waals surface area contributed by atoms with Crippen molar-refractivity contribution in [2.24, 2.45) is 0 Å². The van der Waals surface area contributed by atoms with Gasteiger partial charge in [0, 0.05) is 12.8 Å². The normalized spacial score (nSPS) is 9.92. The highest BCUT2D eigenvalue weighted by atomic mass is 16.5. The number of carboxylic acid groups (broad SMARTS) is 1. The second-order valence-electron chi connectivity index (χ2n) is 2.30. The molecule has 13 heavy (non-hydrogen) atoms. The second kappa shape index (κ2) is 4.51. The first kappa shape index (κ1) is 9.60. The Labute approximate surface area is 75.4 Å². The first-order chi connectivity index (χ1) is 6.24. The summed E-state index contributed by atoms with van der Waals surface area (Å²) in [7, 11) is 0. The lowest BCUT2D eigenvalue weighted by atomic mass is 10.4.